The van der Waals surface area contributed by atoms with E-state index in [1.165, 1.54) is 0 Å². The minimum absolute atomic E-state index is 0.0140. The molecule has 2 N–H and O–H groups in total. The van der Waals surface area contributed by atoms with Crippen molar-refractivity contribution in [1.29, 1.82) is 0 Å². The molecule has 1 heterocycles. The highest BCUT2D eigenvalue weighted by atomic mass is 16.3. The zero-order chi connectivity index (χ0) is 16.0. The van der Waals surface area contributed by atoms with E-state index >= 15 is 0 Å². The fraction of sp³-hybridized carbons (Fsp3) is 0.600. The second-order valence-corrected chi connectivity index (χ2v) is 6.05. The molecule has 0 spiro atoms. The van der Waals surface area contributed by atoms with Crippen LogP contribution in [0, 0.1) is 6.92 Å². The van der Waals surface area contributed by atoms with Gasteiger partial charge < -0.3 is 10.4 Å². The Balaban J connectivity index is 2.76. The van der Waals surface area contributed by atoms with Gasteiger partial charge in [-0.15, -0.1) is 6.58 Å². The molecule has 0 aromatic carbocycles. The third-order valence-electron chi connectivity index (χ3n) is 2.91. The van der Waals surface area contributed by atoms with Crippen molar-refractivity contribution in [2.75, 3.05) is 31.6 Å². The minimum Gasteiger partial charge on any atom is -0.395 e. The largest absolute Gasteiger partial charge is 0.395 e. The average Bonchev–Trinajstić information content (AvgIpc) is 2.70. The summed E-state index contributed by atoms with van der Waals surface area (Å²) in [6.07, 6.45) is 1.71. The lowest BCUT2D eigenvalue weighted by atomic mass is 10.1. The molecule has 0 radical (unpaired) electrons. The van der Waals surface area contributed by atoms with Crippen LogP contribution in [0.2, 0.25) is 0 Å². The average molecular weight is 294 g/mol. The van der Waals surface area contributed by atoms with Crippen LogP contribution in [0.1, 0.15) is 26.5 Å². The number of aliphatic hydroxyl groups is 1. The summed E-state index contributed by atoms with van der Waals surface area (Å²) in [7, 11) is 0. The van der Waals surface area contributed by atoms with Gasteiger partial charge in [0.1, 0.15) is 5.82 Å². The third-order valence-corrected chi connectivity index (χ3v) is 2.91. The molecule has 0 bridgehead atoms. The quantitative estimate of drug-likeness (QED) is 0.745. The molecule has 0 saturated heterocycles. The summed E-state index contributed by atoms with van der Waals surface area (Å²) in [4.78, 5) is 14.0. The van der Waals surface area contributed by atoms with E-state index in [0.717, 1.165) is 5.69 Å². The number of amides is 1. The number of hydrogen-bond donors (Lipinski definition) is 2. The van der Waals surface area contributed by atoms with E-state index in [-0.39, 0.29) is 24.6 Å². The molecule has 6 heteroatoms. The lowest BCUT2D eigenvalue weighted by Gasteiger charge is -2.23. The monoisotopic (exact) mass is 294 g/mol. The zero-order valence-corrected chi connectivity index (χ0v) is 13.4. The van der Waals surface area contributed by atoms with Gasteiger partial charge in [0.15, 0.2) is 0 Å². The molecule has 0 aliphatic rings. The van der Waals surface area contributed by atoms with Crippen molar-refractivity contribution in [3.8, 4) is 0 Å². The molecule has 1 aromatic heterocycles. The normalized spacial score (nSPS) is 11.7. The van der Waals surface area contributed by atoms with Crippen molar-refractivity contribution in [1.82, 2.24) is 14.7 Å². The smallest absolute Gasteiger partial charge is 0.239 e. The second kappa shape index (κ2) is 7.38. The highest BCUT2D eigenvalue weighted by Crippen LogP contribution is 2.21. The highest BCUT2D eigenvalue weighted by Gasteiger charge is 2.20. The van der Waals surface area contributed by atoms with E-state index in [4.69, 9.17) is 5.11 Å². The Bertz CT molecular complexity index is 488. The van der Waals surface area contributed by atoms with Crippen LogP contribution < -0.4 is 5.32 Å². The van der Waals surface area contributed by atoms with Gasteiger partial charge in [-0.2, -0.15) is 5.10 Å². The van der Waals surface area contributed by atoms with Crippen LogP contribution >= 0.6 is 0 Å². The van der Waals surface area contributed by atoms with Gasteiger partial charge in [-0.25, -0.2) is 4.68 Å². The Morgan fingerprint density at radius 2 is 2.24 bits per heavy atom. The number of nitrogens with one attached hydrogen (secondary N) is 1. The van der Waals surface area contributed by atoms with Gasteiger partial charge in [-0.3, -0.25) is 9.69 Å². The van der Waals surface area contributed by atoms with Crippen molar-refractivity contribution in [2.45, 2.75) is 33.2 Å². The Morgan fingerprint density at radius 3 is 2.76 bits per heavy atom. The summed E-state index contributed by atoms with van der Waals surface area (Å²) in [5, 5.41) is 16.3. The molecule has 0 aliphatic heterocycles. The van der Waals surface area contributed by atoms with Crippen LogP contribution in [0.15, 0.2) is 18.7 Å². The summed E-state index contributed by atoms with van der Waals surface area (Å²) in [6.45, 7) is 12.9. The van der Waals surface area contributed by atoms with Gasteiger partial charge >= 0.3 is 0 Å². The van der Waals surface area contributed by atoms with Gasteiger partial charge in [0, 0.05) is 19.2 Å². The first-order chi connectivity index (χ1) is 9.77. The Morgan fingerprint density at radius 1 is 1.57 bits per heavy atom. The molecule has 1 rings (SSSR count). The van der Waals surface area contributed by atoms with Crippen molar-refractivity contribution in [2.24, 2.45) is 0 Å². The van der Waals surface area contributed by atoms with Crippen molar-refractivity contribution >= 4 is 11.7 Å². The molecule has 1 amide bonds. The maximum Gasteiger partial charge on any atom is 0.239 e. The fourth-order valence-electron chi connectivity index (χ4n) is 2.04. The standard InChI is InChI=1S/C15H26N4O2/c1-6-7-18(8-9-20)11-14(21)16-13-10-12(2)17-19(13)15(3,4)5/h6,10,20H,1,7-9,11H2,2-5H3,(H,16,21). The number of hydrogen-bond acceptors (Lipinski definition) is 4. The third kappa shape index (κ3) is 5.32. The first-order valence-electron chi connectivity index (χ1n) is 7.09. The number of anilines is 1. The van der Waals surface area contributed by atoms with Crippen LogP contribution in [0.3, 0.4) is 0 Å². The Labute approximate surface area is 126 Å². The van der Waals surface area contributed by atoms with Crippen molar-refractivity contribution in [3.05, 3.63) is 24.4 Å². The summed E-state index contributed by atoms with van der Waals surface area (Å²) in [6, 6.07) is 1.85. The number of carbonyl (C=O) groups is 1. The number of aromatic nitrogens is 2. The van der Waals surface area contributed by atoms with E-state index in [9.17, 15) is 4.79 Å². The molecule has 0 fully saturated rings. The van der Waals surface area contributed by atoms with Gasteiger partial charge in [-0.05, 0) is 27.7 Å². The zero-order valence-electron chi connectivity index (χ0n) is 13.4. The molecule has 118 valence electrons. The van der Waals surface area contributed by atoms with Crippen molar-refractivity contribution in [3.63, 3.8) is 0 Å². The number of aliphatic hydroxyl groups excluding tert-OH is 1. The van der Waals surface area contributed by atoms with Crippen LogP contribution in [0.5, 0.6) is 0 Å². The molecular weight excluding hydrogens is 268 g/mol. The lowest BCUT2D eigenvalue weighted by Crippen LogP contribution is -2.36. The number of carbonyl (C=O) groups excluding carboxylic acids is 1. The number of aryl methyl sites for hydroxylation is 1. The molecule has 6 nitrogen and oxygen atoms in total. The number of rotatable bonds is 7. The minimum atomic E-state index is -0.206. The van der Waals surface area contributed by atoms with E-state index in [1.54, 1.807) is 6.08 Å². The molecule has 0 aliphatic carbocycles. The Hall–Kier alpha value is -1.66. The topological polar surface area (TPSA) is 70.4 Å². The van der Waals surface area contributed by atoms with Crippen LogP contribution in [0.25, 0.3) is 0 Å². The predicted octanol–water partition coefficient (Wildman–Crippen LogP) is 1.37. The van der Waals surface area contributed by atoms with Gasteiger partial charge in [-0.1, -0.05) is 6.08 Å². The Kier molecular flexibility index (Phi) is 6.11. The summed E-state index contributed by atoms with van der Waals surface area (Å²) >= 11 is 0. The van der Waals surface area contributed by atoms with E-state index < -0.39 is 0 Å². The molecule has 0 saturated carbocycles. The van der Waals surface area contributed by atoms with Crippen LogP contribution in [-0.4, -0.2) is 51.9 Å². The van der Waals surface area contributed by atoms with Crippen molar-refractivity contribution < 1.29 is 9.90 Å². The summed E-state index contributed by atoms with van der Waals surface area (Å²) in [5.74, 6) is 0.559. The lowest BCUT2D eigenvalue weighted by molar-refractivity contribution is -0.117. The second-order valence-electron chi connectivity index (χ2n) is 6.05. The molecule has 0 atom stereocenters. The predicted molar refractivity (Wildman–Crippen MR) is 84.3 cm³/mol. The fourth-order valence-corrected chi connectivity index (χ4v) is 2.04. The SMILES string of the molecule is C=CCN(CCO)CC(=O)Nc1cc(C)nn1C(C)(C)C. The summed E-state index contributed by atoms with van der Waals surface area (Å²) < 4.78 is 1.81. The van der Waals surface area contributed by atoms with E-state index in [2.05, 4.69) is 17.0 Å². The van der Waals surface area contributed by atoms with Gasteiger partial charge in [0.2, 0.25) is 5.91 Å². The maximum atomic E-state index is 12.2. The van der Waals surface area contributed by atoms with Gasteiger partial charge in [0.05, 0.1) is 24.4 Å². The van der Waals surface area contributed by atoms with Crippen LogP contribution in [-0.2, 0) is 10.3 Å². The van der Waals surface area contributed by atoms with E-state index in [1.807, 2.05) is 43.3 Å². The first-order valence-corrected chi connectivity index (χ1v) is 7.09. The molecule has 0 unspecified atom stereocenters. The molecule has 1 aromatic rings. The first kappa shape index (κ1) is 17.4. The highest BCUT2D eigenvalue weighted by molar-refractivity contribution is 5.91. The van der Waals surface area contributed by atoms with Crippen LogP contribution in [0.4, 0.5) is 5.82 Å². The molecule has 21 heavy (non-hydrogen) atoms. The number of nitrogens with zero attached hydrogens (tertiary/aromatic N) is 3. The van der Waals surface area contributed by atoms with Gasteiger partial charge in [0.25, 0.3) is 0 Å². The maximum absolute atomic E-state index is 12.2. The van der Waals surface area contributed by atoms with E-state index in [0.29, 0.717) is 18.9 Å². The summed E-state index contributed by atoms with van der Waals surface area (Å²) in [5.41, 5.74) is 0.654. The molecular formula is C15H26N4O2.